The third kappa shape index (κ3) is 2.67. The van der Waals surface area contributed by atoms with E-state index in [2.05, 4.69) is 5.10 Å². The lowest BCUT2D eigenvalue weighted by Gasteiger charge is -2.05. The largest absolute Gasteiger partial charge is 0.490 e. The average Bonchev–Trinajstić information content (AvgIpc) is 2.75. The van der Waals surface area contributed by atoms with Crippen molar-refractivity contribution in [3.63, 3.8) is 0 Å². The van der Waals surface area contributed by atoms with Gasteiger partial charge in [-0.1, -0.05) is 13.3 Å². The Kier molecular flexibility index (Phi) is 4.11. The predicted molar refractivity (Wildman–Crippen MR) is 80.3 cm³/mol. The molecule has 0 amide bonds. The highest BCUT2D eigenvalue weighted by Gasteiger charge is 2.20. The molecule has 0 radical (unpaired) electrons. The number of nitrogens with two attached hydrogens (primary N) is 1. The molecule has 0 saturated carbocycles. The Morgan fingerprint density at radius 2 is 2.19 bits per heavy atom. The monoisotopic (exact) mass is 290 g/mol. The number of hydrogen-bond donors (Lipinski definition) is 1. The van der Waals surface area contributed by atoms with Crippen molar-refractivity contribution in [2.24, 2.45) is 7.05 Å². The molecule has 0 atom stereocenters. The van der Waals surface area contributed by atoms with Crippen LogP contribution in [0.25, 0.3) is 11.3 Å². The second kappa shape index (κ2) is 5.82. The van der Waals surface area contributed by atoms with E-state index in [1.54, 1.807) is 23.9 Å². The normalized spacial score (nSPS) is 10.6. The number of aryl methyl sites for hydroxylation is 1. The molecule has 0 aliphatic carbocycles. The summed E-state index contributed by atoms with van der Waals surface area (Å²) in [5.74, 6) is 0.815. The molecule has 112 valence electrons. The average molecular weight is 290 g/mol. The van der Waals surface area contributed by atoms with Crippen LogP contribution in [0.4, 0.5) is 11.5 Å². The molecule has 0 unspecified atom stereocenters. The van der Waals surface area contributed by atoms with Gasteiger partial charge in [0.25, 0.3) is 0 Å². The number of benzene rings is 1. The number of aromatic nitrogens is 2. The maximum Gasteiger partial charge on any atom is 0.311 e. The number of methoxy groups -OCH3 is 1. The third-order valence-electron chi connectivity index (χ3n) is 3.34. The highest BCUT2D eigenvalue weighted by atomic mass is 16.6. The Labute approximate surface area is 122 Å². The Morgan fingerprint density at radius 3 is 2.76 bits per heavy atom. The molecule has 21 heavy (non-hydrogen) atoms. The van der Waals surface area contributed by atoms with Gasteiger partial charge < -0.3 is 10.5 Å². The van der Waals surface area contributed by atoms with Crippen LogP contribution in [-0.4, -0.2) is 21.8 Å². The van der Waals surface area contributed by atoms with Crippen LogP contribution in [0, 0.1) is 10.1 Å². The van der Waals surface area contributed by atoms with Gasteiger partial charge in [-0.25, -0.2) is 0 Å². The van der Waals surface area contributed by atoms with E-state index >= 15 is 0 Å². The molecule has 2 N–H and O–H groups in total. The maximum absolute atomic E-state index is 11.1. The molecular formula is C14H18N4O3. The fourth-order valence-corrected chi connectivity index (χ4v) is 2.29. The summed E-state index contributed by atoms with van der Waals surface area (Å²) in [4.78, 5) is 10.7. The number of anilines is 1. The minimum atomic E-state index is -0.464. The van der Waals surface area contributed by atoms with E-state index in [1.165, 1.54) is 13.2 Å². The fourth-order valence-electron chi connectivity index (χ4n) is 2.29. The van der Waals surface area contributed by atoms with Crippen molar-refractivity contribution in [2.45, 2.75) is 19.8 Å². The molecule has 0 aliphatic rings. The van der Waals surface area contributed by atoms with E-state index in [1.807, 2.05) is 6.92 Å². The Hall–Kier alpha value is -2.57. The van der Waals surface area contributed by atoms with Gasteiger partial charge >= 0.3 is 5.69 Å². The predicted octanol–water partition coefficient (Wildman–Crippen LogP) is 2.54. The van der Waals surface area contributed by atoms with E-state index in [4.69, 9.17) is 10.5 Å². The van der Waals surface area contributed by atoms with Crippen LogP contribution in [-0.2, 0) is 13.5 Å². The molecule has 1 aromatic carbocycles. The summed E-state index contributed by atoms with van der Waals surface area (Å²) in [6.45, 7) is 2.05. The summed E-state index contributed by atoms with van der Waals surface area (Å²) >= 11 is 0. The first-order valence-electron chi connectivity index (χ1n) is 6.63. The lowest BCUT2D eigenvalue weighted by Crippen LogP contribution is -1.99. The van der Waals surface area contributed by atoms with Gasteiger partial charge in [0.2, 0.25) is 0 Å². The van der Waals surface area contributed by atoms with Crippen molar-refractivity contribution in [1.82, 2.24) is 9.78 Å². The molecule has 1 heterocycles. The van der Waals surface area contributed by atoms with Crippen molar-refractivity contribution >= 4 is 11.5 Å². The van der Waals surface area contributed by atoms with Crippen LogP contribution >= 0.6 is 0 Å². The fraction of sp³-hybridized carbons (Fsp3) is 0.357. The minimum absolute atomic E-state index is 0.0818. The van der Waals surface area contributed by atoms with Crippen molar-refractivity contribution in [3.05, 3.63) is 33.9 Å². The van der Waals surface area contributed by atoms with Crippen LogP contribution in [0.2, 0.25) is 0 Å². The molecule has 0 bridgehead atoms. The van der Waals surface area contributed by atoms with Gasteiger partial charge in [-0.2, -0.15) is 5.10 Å². The number of nitro groups is 1. The number of nitrogen functional groups attached to an aromatic ring is 1. The van der Waals surface area contributed by atoms with Gasteiger partial charge in [0.05, 0.1) is 17.7 Å². The smallest absolute Gasteiger partial charge is 0.311 e. The summed E-state index contributed by atoms with van der Waals surface area (Å²) in [6.07, 6.45) is 1.69. The quantitative estimate of drug-likeness (QED) is 0.674. The number of nitro benzene ring substituents is 1. The van der Waals surface area contributed by atoms with E-state index in [0.29, 0.717) is 17.1 Å². The van der Waals surface area contributed by atoms with Gasteiger partial charge in [-0.15, -0.1) is 0 Å². The first-order valence-corrected chi connectivity index (χ1v) is 6.63. The number of ether oxygens (including phenoxy) is 1. The molecular weight excluding hydrogens is 272 g/mol. The summed E-state index contributed by atoms with van der Waals surface area (Å²) in [7, 11) is 3.17. The molecule has 2 rings (SSSR count). The lowest BCUT2D eigenvalue weighted by molar-refractivity contribution is -0.385. The van der Waals surface area contributed by atoms with Crippen LogP contribution in [0.3, 0.4) is 0 Å². The summed E-state index contributed by atoms with van der Waals surface area (Å²) in [5.41, 5.74) is 8.21. The Balaban J connectivity index is 2.59. The molecule has 7 heteroatoms. The molecule has 0 spiro atoms. The second-order valence-electron chi connectivity index (χ2n) is 4.73. The van der Waals surface area contributed by atoms with Gasteiger partial charge in [0.15, 0.2) is 5.75 Å². The zero-order chi connectivity index (χ0) is 15.6. The van der Waals surface area contributed by atoms with Crippen LogP contribution in [0.15, 0.2) is 18.2 Å². The minimum Gasteiger partial charge on any atom is -0.490 e. The van der Waals surface area contributed by atoms with Crippen LogP contribution < -0.4 is 10.5 Å². The third-order valence-corrected chi connectivity index (χ3v) is 3.34. The number of nitrogens with zero attached hydrogens (tertiary/aromatic N) is 3. The molecule has 0 saturated heterocycles. The number of hydrogen-bond acceptors (Lipinski definition) is 5. The first kappa shape index (κ1) is 14.8. The molecule has 0 fully saturated rings. The SMILES string of the molecule is CCCc1c(-c2ccc(OC)c([N+](=O)[O-])c2)nn(C)c1N. The van der Waals surface area contributed by atoms with E-state index in [0.717, 1.165) is 18.4 Å². The zero-order valence-corrected chi connectivity index (χ0v) is 12.3. The van der Waals surface area contributed by atoms with Gasteiger partial charge in [0.1, 0.15) is 5.82 Å². The number of rotatable bonds is 5. The van der Waals surface area contributed by atoms with Gasteiger partial charge in [-0.05, 0) is 18.6 Å². The molecule has 1 aromatic heterocycles. The molecule has 0 aliphatic heterocycles. The van der Waals surface area contributed by atoms with Crippen molar-refractivity contribution in [3.8, 4) is 17.0 Å². The topological polar surface area (TPSA) is 96.2 Å². The van der Waals surface area contributed by atoms with Crippen LogP contribution in [0.1, 0.15) is 18.9 Å². The summed E-state index contributed by atoms with van der Waals surface area (Å²) < 4.78 is 6.61. The Morgan fingerprint density at radius 1 is 1.48 bits per heavy atom. The van der Waals surface area contributed by atoms with E-state index in [-0.39, 0.29) is 11.4 Å². The first-order chi connectivity index (χ1) is 9.99. The summed E-state index contributed by atoms with van der Waals surface area (Å²) in [6, 6.07) is 4.81. The van der Waals surface area contributed by atoms with Gasteiger partial charge in [-0.3, -0.25) is 14.8 Å². The highest BCUT2D eigenvalue weighted by molar-refractivity contribution is 5.72. The van der Waals surface area contributed by atoms with Gasteiger partial charge in [0, 0.05) is 24.2 Å². The van der Waals surface area contributed by atoms with Crippen LogP contribution in [0.5, 0.6) is 5.75 Å². The molecule has 2 aromatic rings. The van der Waals surface area contributed by atoms with Crippen molar-refractivity contribution in [1.29, 1.82) is 0 Å². The standard InChI is InChI=1S/C14H18N4O3/c1-4-5-10-13(16-17(2)14(10)15)9-6-7-12(21-3)11(8-9)18(19)20/h6-8H,4-5,15H2,1-3H3. The highest BCUT2D eigenvalue weighted by Crippen LogP contribution is 2.34. The van der Waals surface area contributed by atoms with E-state index in [9.17, 15) is 10.1 Å². The summed E-state index contributed by atoms with van der Waals surface area (Å²) in [5, 5.41) is 15.5. The lowest BCUT2D eigenvalue weighted by atomic mass is 10.0. The molecule has 7 nitrogen and oxygen atoms in total. The van der Waals surface area contributed by atoms with Crippen molar-refractivity contribution in [2.75, 3.05) is 12.8 Å². The zero-order valence-electron chi connectivity index (χ0n) is 12.3. The van der Waals surface area contributed by atoms with Crippen molar-refractivity contribution < 1.29 is 9.66 Å². The maximum atomic E-state index is 11.1. The van der Waals surface area contributed by atoms with E-state index < -0.39 is 4.92 Å². The Bertz CT molecular complexity index is 679. The second-order valence-corrected chi connectivity index (χ2v) is 4.73.